The van der Waals surface area contributed by atoms with Crippen LogP contribution in [0.2, 0.25) is 0 Å². The van der Waals surface area contributed by atoms with Crippen molar-refractivity contribution in [3.8, 4) is 5.75 Å². The van der Waals surface area contributed by atoms with Gasteiger partial charge in [-0.15, -0.1) is 0 Å². The molecule has 2 aromatic carbocycles. The molecule has 0 aromatic heterocycles. The van der Waals surface area contributed by atoms with Crippen LogP contribution in [0.25, 0.3) is 0 Å². The van der Waals surface area contributed by atoms with Gasteiger partial charge in [0.2, 0.25) is 0 Å². The van der Waals surface area contributed by atoms with Crippen molar-refractivity contribution in [1.82, 2.24) is 0 Å². The highest BCUT2D eigenvalue weighted by atomic mass is 16.3. The van der Waals surface area contributed by atoms with Gasteiger partial charge in [-0.2, -0.15) is 0 Å². The molecule has 104 valence electrons. The van der Waals surface area contributed by atoms with Crippen molar-refractivity contribution in [2.75, 3.05) is 4.90 Å². The van der Waals surface area contributed by atoms with Crippen molar-refractivity contribution in [3.63, 3.8) is 0 Å². The molecule has 21 heavy (non-hydrogen) atoms. The number of anilines is 1. The van der Waals surface area contributed by atoms with Crippen LogP contribution in [0.3, 0.4) is 0 Å². The van der Waals surface area contributed by atoms with E-state index in [-0.39, 0.29) is 17.6 Å². The zero-order valence-corrected chi connectivity index (χ0v) is 11.2. The quantitative estimate of drug-likeness (QED) is 0.878. The number of carbonyl (C=O) groups excluding carboxylic acids is 2. The lowest BCUT2D eigenvalue weighted by Crippen LogP contribution is -2.31. The van der Waals surface area contributed by atoms with Gasteiger partial charge in [-0.05, 0) is 29.8 Å². The zero-order chi connectivity index (χ0) is 14.8. The summed E-state index contributed by atoms with van der Waals surface area (Å²) >= 11 is 0. The van der Waals surface area contributed by atoms with Gasteiger partial charge in [-0.25, -0.2) is 4.90 Å². The van der Waals surface area contributed by atoms with Crippen molar-refractivity contribution < 1.29 is 14.7 Å². The zero-order valence-electron chi connectivity index (χ0n) is 11.2. The fourth-order valence-electron chi connectivity index (χ4n) is 2.30. The van der Waals surface area contributed by atoms with E-state index in [1.807, 2.05) is 6.07 Å². The number of aromatic hydroxyl groups is 1. The molecule has 0 atom stereocenters. The Hall–Kier alpha value is -2.88. The SMILES string of the molecule is O=C1C=C(Cc2ccc(O)cc2)C(=O)N1c1ccccc1. The predicted molar refractivity (Wildman–Crippen MR) is 78.8 cm³/mol. The number of carbonyl (C=O) groups is 2. The summed E-state index contributed by atoms with van der Waals surface area (Å²) in [5, 5.41) is 9.26. The Labute approximate surface area is 121 Å². The molecule has 0 aliphatic carbocycles. The van der Waals surface area contributed by atoms with E-state index in [4.69, 9.17) is 0 Å². The van der Waals surface area contributed by atoms with Crippen molar-refractivity contribution in [2.45, 2.75) is 6.42 Å². The molecule has 1 aliphatic rings. The Bertz CT molecular complexity index is 717. The molecule has 4 nitrogen and oxygen atoms in total. The maximum atomic E-state index is 12.4. The largest absolute Gasteiger partial charge is 0.508 e. The molecule has 4 heteroatoms. The minimum atomic E-state index is -0.319. The van der Waals surface area contributed by atoms with E-state index in [0.717, 1.165) is 5.56 Å². The van der Waals surface area contributed by atoms with Gasteiger partial charge in [0.15, 0.2) is 0 Å². The molecule has 0 radical (unpaired) electrons. The van der Waals surface area contributed by atoms with E-state index in [9.17, 15) is 14.7 Å². The number of para-hydroxylation sites is 1. The topological polar surface area (TPSA) is 57.6 Å². The lowest BCUT2D eigenvalue weighted by Gasteiger charge is -2.14. The Morgan fingerprint density at radius 1 is 0.905 bits per heavy atom. The fourth-order valence-corrected chi connectivity index (χ4v) is 2.30. The Morgan fingerprint density at radius 3 is 2.24 bits per heavy atom. The van der Waals surface area contributed by atoms with Gasteiger partial charge in [-0.1, -0.05) is 30.3 Å². The van der Waals surface area contributed by atoms with Crippen LogP contribution in [-0.2, 0) is 16.0 Å². The number of benzene rings is 2. The summed E-state index contributed by atoms with van der Waals surface area (Å²) in [6, 6.07) is 15.5. The van der Waals surface area contributed by atoms with Crippen LogP contribution < -0.4 is 4.90 Å². The number of rotatable bonds is 3. The van der Waals surface area contributed by atoms with Gasteiger partial charge in [0.25, 0.3) is 11.8 Å². The first-order valence-electron chi connectivity index (χ1n) is 6.57. The minimum absolute atomic E-state index is 0.174. The monoisotopic (exact) mass is 279 g/mol. The van der Waals surface area contributed by atoms with E-state index in [1.54, 1.807) is 48.5 Å². The van der Waals surface area contributed by atoms with Crippen LogP contribution >= 0.6 is 0 Å². The predicted octanol–water partition coefficient (Wildman–Crippen LogP) is 2.43. The lowest BCUT2D eigenvalue weighted by molar-refractivity contribution is -0.120. The smallest absolute Gasteiger partial charge is 0.261 e. The summed E-state index contributed by atoms with van der Waals surface area (Å²) in [5.41, 5.74) is 1.90. The molecule has 3 rings (SSSR count). The Balaban J connectivity index is 1.83. The van der Waals surface area contributed by atoms with Crippen molar-refractivity contribution in [1.29, 1.82) is 0 Å². The summed E-state index contributed by atoms with van der Waals surface area (Å²) in [6.45, 7) is 0. The average molecular weight is 279 g/mol. The van der Waals surface area contributed by atoms with Crippen molar-refractivity contribution in [3.05, 3.63) is 71.8 Å². The van der Waals surface area contributed by atoms with Crippen LogP contribution in [0.15, 0.2) is 66.2 Å². The average Bonchev–Trinajstić information content (AvgIpc) is 2.77. The van der Waals surface area contributed by atoms with Gasteiger partial charge < -0.3 is 5.11 Å². The van der Waals surface area contributed by atoms with Crippen LogP contribution in [-0.4, -0.2) is 16.9 Å². The van der Waals surface area contributed by atoms with Gasteiger partial charge in [-0.3, -0.25) is 9.59 Å². The molecule has 0 saturated heterocycles. The minimum Gasteiger partial charge on any atom is -0.508 e. The molecule has 0 saturated carbocycles. The van der Waals surface area contributed by atoms with Crippen LogP contribution in [0, 0.1) is 0 Å². The molecule has 1 N–H and O–H groups in total. The number of imide groups is 1. The van der Waals surface area contributed by atoms with E-state index in [0.29, 0.717) is 17.7 Å². The first-order valence-corrected chi connectivity index (χ1v) is 6.57. The number of phenolic OH excluding ortho intramolecular Hbond substituents is 1. The molecule has 1 aliphatic heterocycles. The second-order valence-corrected chi connectivity index (χ2v) is 4.83. The number of nitrogens with zero attached hydrogens (tertiary/aromatic N) is 1. The lowest BCUT2D eigenvalue weighted by atomic mass is 10.1. The molecule has 0 bridgehead atoms. The highest BCUT2D eigenvalue weighted by Crippen LogP contribution is 2.24. The Kier molecular flexibility index (Phi) is 3.28. The number of hydrogen-bond donors (Lipinski definition) is 1. The van der Waals surface area contributed by atoms with Gasteiger partial charge in [0.1, 0.15) is 5.75 Å². The number of hydrogen-bond acceptors (Lipinski definition) is 3. The van der Waals surface area contributed by atoms with Gasteiger partial charge in [0, 0.05) is 18.1 Å². The van der Waals surface area contributed by atoms with Crippen LogP contribution in [0.5, 0.6) is 5.75 Å². The third-order valence-electron chi connectivity index (χ3n) is 3.34. The summed E-state index contributed by atoms with van der Waals surface area (Å²) < 4.78 is 0. The van der Waals surface area contributed by atoms with Gasteiger partial charge >= 0.3 is 0 Å². The molecular formula is C17H13NO3. The summed E-state index contributed by atoms with van der Waals surface area (Å²) in [7, 11) is 0. The Morgan fingerprint density at radius 2 is 1.57 bits per heavy atom. The van der Waals surface area contributed by atoms with E-state index in [2.05, 4.69) is 0 Å². The summed E-state index contributed by atoms with van der Waals surface area (Å²) in [4.78, 5) is 25.6. The first-order chi connectivity index (χ1) is 10.1. The first kappa shape index (κ1) is 13.1. The van der Waals surface area contributed by atoms with E-state index >= 15 is 0 Å². The normalized spacial score (nSPS) is 14.5. The molecule has 0 fully saturated rings. The maximum absolute atomic E-state index is 12.4. The molecule has 2 amide bonds. The second-order valence-electron chi connectivity index (χ2n) is 4.83. The molecule has 1 heterocycles. The molecule has 0 unspecified atom stereocenters. The maximum Gasteiger partial charge on any atom is 0.261 e. The number of amides is 2. The third-order valence-corrected chi connectivity index (χ3v) is 3.34. The fraction of sp³-hybridized carbons (Fsp3) is 0.0588. The standard InChI is InChI=1S/C17H13NO3/c19-15-8-6-12(7-9-15)10-13-11-16(20)18(17(13)21)14-4-2-1-3-5-14/h1-9,11,19H,10H2. The van der Waals surface area contributed by atoms with E-state index in [1.165, 1.54) is 11.0 Å². The van der Waals surface area contributed by atoms with Gasteiger partial charge in [0.05, 0.1) is 5.69 Å². The van der Waals surface area contributed by atoms with Crippen molar-refractivity contribution in [2.24, 2.45) is 0 Å². The summed E-state index contributed by atoms with van der Waals surface area (Å²) in [5.74, 6) is -0.438. The summed E-state index contributed by atoms with van der Waals surface area (Å²) in [6.07, 6.45) is 1.75. The van der Waals surface area contributed by atoms with Crippen molar-refractivity contribution >= 4 is 17.5 Å². The highest BCUT2D eigenvalue weighted by molar-refractivity contribution is 6.30. The van der Waals surface area contributed by atoms with Crippen LogP contribution in [0.4, 0.5) is 5.69 Å². The molecular weight excluding hydrogens is 266 g/mol. The second kappa shape index (κ2) is 5.25. The molecule has 0 spiro atoms. The third kappa shape index (κ3) is 2.56. The highest BCUT2D eigenvalue weighted by Gasteiger charge is 2.31. The van der Waals surface area contributed by atoms with E-state index < -0.39 is 0 Å². The molecule has 2 aromatic rings. The number of phenols is 1. The van der Waals surface area contributed by atoms with Crippen LogP contribution in [0.1, 0.15) is 5.56 Å².